The highest BCUT2D eigenvalue weighted by atomic mass is 32.1. The number of para-hydroxylation sites is 2. The minimum absolute atomic E-state index is 0.0311. The Morgan fingerprint density at radius 3 is 2.67 bits per heavy atom. The van der Waals surface area contributed by atoms with Gasteiger partial charge in [0.25, 0.3) is 0 Å². The van der Waals surface area contributed by atoms with Crippen LogP contribution in [0.3, 0.4) is 0 Å². The molecule has 8 heteroatoms. The Morgan fingerprint density at radius 1 is 1.20 bits per heavy atom. The van der Waals surface area contributed by atoms with Crippen LogP contribution in [0.2, 0.25) is 0 Å². The van der Waals surface area contributed by atoms with Crippen LogP contribution in [0.25, 0.3) is 0 Å². The van der Waals surface area contributed by atoms with Gasteiger partial charge in [0.05, 0.1) is 26.3 Å². The van der Waals surface area contributed by atoms with E-state index in [-0.39, 0.29) is 24.4 Å². The zero-order valence-electron chi connectivity index (χ0n) is 17.6. The molecule has 0 spiro atoms. The van der Waals surface area contributed by atoms with Gasteiger partial charge in [-0.25, -0.2) is 0 Å². The molecule has 0 saturated carbocycles. The fourth-order valence-electron chi connectivity index (χ4n) is 3.58. The molecule has 1 aliphatic rings. The van der Waals surface area contributed by atoms with Gasteiger partial charge in [-0.2, -0.15) is 0 Å². The molecule has 2 amide bonds. The molecule has 30 heavy (non-hydrogen) atoms. The number of rotatable bonds is 9. The number of hydrogen-bond acceptors (Lipinski definition) is 6. The van der Waals surface area contributed by atoms with Crippen LogP contribution >= 0.6 is 11.3 Å². The van der Waals surface area contributed by atoms with Crippen LogP contribution in [-0.2, 0) is 20.7 Å². The maximum Gasteiger partial charge on any atom is 0.242 e. The van der Waals surface area contributed by atoms with Crippen LogP contribution in [0, 0.1) is 0 Å². The van der Waals surface area contributed by atoms with E-state index in [1.807, 2.05) is 29.2 Å². The van der Waals surface area contributed by atoms with E-state index in [0.717, 1.165) is 12.0 Å². The topological polar surface area (TPSA) is 68.3 Å². The predicted octanol–water partition coefficient (Wildman–Crippen LogP) is 2.76. The summed E-state index contributed by atoms with van der Waals surface area (Å²) < 4.78 is 16.5. The number of carbonyl (C=O) groups is 2. The average Bonchev–Trinajstić information content (AvgIpc) is 3.23. The van der Waals surface area contributed by atoms with Crippen molar-refractivity contribution in [1.29, 1.82) is 0 Å². The number of amides is 2. The fourth-order valence-corrected chi connectivity index (χ4v) is 4.51. The summed E-state index contributed by atoms with van der Waals surface area (Å²) >= 11 is 1.70. The number of benzene rings is 1. The van der Waals surface area contributed by atoms with Crippen LogP contribution in [-0.4, -0.2) is 68.7 Å². The van der Waals surface area contributed by atoms with Gasteiger partial charge in [-0.1, -0.05) is 12.1 Å². The molecule has 162 valence electrons. The summed E-state index contributed by atoms with van der Waals surface area (Å²) in [4.78, 5) is 29.7. The highest BCUT2D eigenvalue weighted by Gasteiger charge is 2.33. The largest absolute Gasteiger partial charge is 0.493 e. The molecular weight excluding hydrogens is 404 g/mol. The van der Waals surface area contributed by atoms with E-state index < -0.39 is 0 Å². The van der Waals surface area contributed by atoms with Gasteiger partial charge in [-0.3, -0.25) is 9.59 Å². The molecule has 0 N–H and O–H groups in total. The lowest BCUT2D eigenvalue weighted by Gasteiger charge is -2.37. The second-order valence-electron chi connectivity index (χ2n) is 7.05. The van der Waals surface area contributed by atoms with Crippen LogP contribution < -0.4 is 9.47 Å². The molecule has 1 unspecified atom stereocenters. The Morgan fingerprint density at radius 2 is 1.97 bits per heavy atom. The molecule has 7 nitrogen and oxygen atoms in total. The minimum Gasteiger partial charge on any atom is -0.493 e. The first kappa shape index (κ1) is 22.1. The minimum atomic E-state index is -0.214. The van der Waals surface area contributed by atoms with Crippen molar-refractivity contribution >= 4 is 23.2 Å². The van der Waals surface area contributed by atoms with Gasteiger partial charge < -0.3 is 24.0 Å². The standard InChI is InChI=1S/C22H28N2O5S/c1-16(25)23(11-12-27-2)14-22(26)24-10-8-21-17(9-13-30-21)18(24)15-29-20-7-5-4-6-19(20)28-3/h4-7,9,13,18H,8,10-12,14-15H2,1-3H3. The predicted molar refractivity (Wildman–Crippen MR) is 115 cm³/mol. The Kier molecular flexibility index (Phi) is 7.70. The maximum absolute atomic E-state index is 13.2. The van der Waals surface area contributed by atoms with E-state index in [4.69, 9.17) is 14.2 Å². The molecule has 0 saturated heterocycles. The summed E-state index contributed by atoms with van der Waals surface area (Å²) in [5, 5.41) is 2.05. The fraction of sp³-hybridized carbons (Fsp3) is 0.455. The second-order valence-corrected chi connectivity index (χ2v) is 8.05. The van der Waals surface area contributed by atoms with E-state index in [1.165, 1.54) is 16.7 Å². The first-order valence-corrected chi connectivity index (χ1v) is 10.8. The molecule has 1 aliphatic heterocycles. The van der Waals surface area contributed by atoms with E-state index >= 15 is 0 Å². The van der Waals surface area contributed by atoms with Gasteiger partial charge in [-0.15, -0.1) is 11.3 Å². The quantitative estimate of drug-likeness (QED) is 0.610. The Hall–Kier alpha value is -2.58. The zero-order chi connectivity index (χ0) is 21.5. The SMILES string of the molecule is COCCN(CC(=O)N1CCc2sccc2C1COc1ccccc1OC)C(C)=O. The lowest BCUT2D eigenvalue weighted by molar-refractivity contribution is -0.142. The molecule has 0 aliphatic carbocycles. The lowest BCUT2D eigenvalue weighted by Crippen LogP contribution is -2.48. The van der Waals surface area contributed by atoms with Gasteiger partial charge in [0.15, 0.2) is 11.5 Å². The van der Waals surface area contributed by atoms with Gasteiger partial charge in [0, 0.05) is 32.0 Å². The Labute approximate surface area is 181 Å². The maximum atomic E-state index is 13.2. The Balaban J connectivity index is 1.77. The molecule has 1 aromatic heterocycles. The van der Waals surface area contributed by atoms with Crippen molar-refractivity contribution in [3.8, 4) is 11.5 Å². The van der Waals surface area contributed by atoms with Crippen molar-refractivity contribution in [3.63, 3.8) is 0 Å². The highest BCUT2D eigenvalue weighted by Crippen LogP contribution is 2.35. The third kappa shape index (κ3) is 5.12. The van der Waals surface area contributed by atoms with Gasteiger partial charge in [0.2, 0.25) is 11.8 Å². The van der Waals surface area contributed by atoms with Gasteiger partial charge in [0.1, 0.15) is 6.61 Å². The van der Waals surface area contributed by atoms with E-state index in [0.29, 0.717) is 37.8 Å². The first-order valence-electron chi connectivity index (χ1n) is 9.91. The summed E-state index contributed by atoms with van der Waals surface area (Å²) in [6.07, 6.45) is 0.808. The summed E-state index contributed by atoms with van der Waals surface area (Å²) in [7, 11) is 3.18. The van der Waals surface area contributed by atoms with Crippen molar-refractivity contribution in [1.82, 2.24) is 9.80 Å². The third-order valence-electron chi connectivity index (χ3n) is 5.22. The summed E-state index contributed by atoms with van der Waals surface area (Å²) in [5.41, 5.74) is 1.11. The van der Waals surface area contributed by atoms with Crippen molar-refractivity contribution in [2.24, 2.45) is 0 Å². The number of carbonyl (C=O) groups excluding carboxylic acids is 2. The Bertz CT molecular complexity index is 869. The second kappa shape index (κ2) is 10.4. The highest BCUT2D eigenvalue weighted by molar-refractivity contribution is 7.10. The third-order valence-corrected chi connectivity index (χ3v) is 6.21. The van der Waals surface area contributed by atoms with Crippen LogP contribution in [0.1, 0.15) is 23.4 Å². The molecule has 0 radical (unpaired) electrons. The average molecular weight is 433 g/mol. The lowest BCUT2D eigenvalue weighted by atomic mass is 10.0. The van der Waals surface area contributed by atoms with Crippen LogP contribution in [0.4, 0.5) is 0 Å². The van der Waals surface area contributed by atoms with E-state index in [2.05, 4.69) is 11.4 Å². The zero-order valence-corrected chi connectivity index (χ0v) is 18.4. The number of ether oxygens (including phenoxy) is 3. The van der Waals surface area contributed by atoms with Crippen LogP contribution in [0.15, 0.2) is 35.7 Å². The van der Waals surface area contributed by atoms with Crippen molar-refractivity contribution in [3.05, 3.63) is 46.2 Å². The summed E-state index contributed by atoms with van der Waals surface area (Å²) in [6, 6.07) is 9.31. The molecular formula is C22H28N2O5S. The van der Waals surface area contributed by atoms with E-state index in [1.54, 1.807) is 25.6 Å². The van der Waals surface area contributed by atoms with Crippen LogP contribution in [0.5, 0.6) is 11.5 Å². The summed E-state index contributed by atoms with van der Waals surface area (Å²) in [6.45, 7) is 3.19. The molecule has 2 heterocycles. The van der Waals surface area contributed by atoms with E-state index in [9.17, 15) is 9.59 Å². The number of fused-ring (bicyclic) bond motifs is 1. The molecule has 0 fully saturated rings. The molecule has 1 aromatic carbocycles. The number of hydrogen-bond donors (Lipinski definition) is 0. The number of nitrogens with zero attached hydrogens (tertiary/aromatic N) is 2. The van der Waals surface area contributed by atoms with Crippen molar-refractivity contribution in [2.75, 3.05) is 47.1 Å². The number of methoxy groups -OCH3 is 2. The molecule has 2 aromatic rings. The summed E-state index contributed by atoms with van der Waals surface area (Å²) in [5.74, 6) is 1.06. The van der Waals surface area contributed by atoms with Gasteiger partial charge in [-0.05, 0) is 35.6 Å². The van der Waals surface area contributed by atoms with Gasteiger partial charge >= 0.3 is 0 Å². The normalized spacial score (nSPS) is 15.4. The smallest absolute Gasteiger partial charge is 0.242 e. The molecule has 0 bridgehead atoms. The first-order chi connectivity index (χ1) is 14.5. The van der Waals surface area contributed by atoms with Crippen molar-refractivity contribution < 1.29 is 23.8 Å². The monoisotopic (exact) mass is 432 g/mol. The molecule has 1 atom stereocenters. The van der Waals surface area contributed by atoms with Crippen molar-refractivity contribution in [2.45, 2.75) is 19.4 Å². The number of thiophene rings is 1. The molecule has 3 rings (SSSR count).